The maximum absolute atomic E-state index is 13.0. The molecule has 0 saturated heterocycles. The molecule has 0 saturated carbocycles. The number of anilines is 1. The standard InChI is InChI=1S/C22H21N5O3/c1-13-5-4-10-27-19(13)25-20-17(22(27)29)11-16(18(23)26(20)2)21(28)24-12-14-6-8-15(30-3)9-7-14/h4-11,23H,12H2,1-3H3,(H,24,28)/p+1. The van der Waals surface area contributed by atoms with Crippen LogP contribution in [0.4, 0.5) is 5.82 Å². The van der Waals surface area contributed by atoms with Crippen LogP contribution in [0.5, 0.6) is 5.75 Å². The van der Waals surface area contributed by atoms with Gasteiger partial charge in [0, 0.05) is 18.3 Å². The van der Waals surface area contributed by atoms with Gasteiger partial charge in [0.25, 0.3) is 17.1 Å². The number of pyridine rings is 2. The molecule has 30 heavy (non-hydrogen) atoms. The van der Waals surface area contributed by atoms with Crippen molar-refractivity contribution in [3.63, 3.8) is 0 Å². The molecule has 3 aromatic heterocycles. The van der Waals surface area contributed by atoms with Gasteiger partial charge >= 0.3 is 0 Å². The highest BCUT2D eigenvalue weighted by Gasteiger charge is 2.22. The van der Waals surface area contributed by atoms with Gasteiger partial charge in [-0.2, -0.15) is 0 Å². The Kier molecular flexibility index (Phi) is 4.83. The zero-order valence-electron chi connectivity index (χ0n) is 17.0. The van der Waals surface area contributed by atoms with E-state index in [2.05, 4.69) is 10.3 Å². The first-order chi connectivity index (χ1) is 14.4. The summed E-state index contributed by atoms with van der Waals surface area (Å²) in [6.45, 7) is 2.20. The number of carbonyl (C=O) groups is 1. The van der Waals surface area contributed by atoms with Gasteiger partial charge in [0.05, 0.1) is 14.2 Å². The Morgan fingerprint density at radius 1 is 1.27 bits per heavy atom. The molecule has 3 heterocycles. The molecule has 0 radical (unpaired) electrons. The monoisotopic (exact) mass is 404 g/mol. The van der Waals surface area contributed by atoms with Crippen molar-refractivity contribution in [2.24, 2.45) is 7.05 Å². The van der Waals surface area contributed by atoms with Crippen molar-refractivity contribution in [1.82, 2.24) is 14.7 Å². The van der Waals surface area contributed by atoms with E-state index >= 15 is 0 Å². The lowest BCUT2D eigenvalue weighted by Gasteiger charge is -2.10. The summed E-state index contributed by atoms with van der Waals surface area (Å²) in [7, 11) is 3.29. The van der Waals surface area contributed by atoms with E-state index in [4.69, 9.17) is 10.5 Å². The van der Waals surface area contributed by atoms with Crippen molar-refractivity contribution < 1.29 is 14.1 Å². The van der Waals surface area contributed by atoms with Gasteiger partial charge in [-0.05, 0) is 36.8 Å². The Morgan fingerprint density at radius 3 is 2.70 bits per heavy atom. The largest absolute Gasteiger partial charge is 0.497 e. The molecule has 0 unspecified atom stereocenters. The third-order valence-corrected chi connectivity index (χ3v) is 5.16. The van der Waals surface area contributed by atoms with Gasteiger partial charge in [-0.1, -0.05) is 23.2 Å². The van der Waals surface area contributed by atoms with Crippen LogP contribution < -0.4 is 25.9 Å². The molecular weight excluding hydrogens is 382 g/mol. The summed E-state index contributed by atoms with van der Waals surface area (Å²) in [5.41, 5.74) is 8.97. The molecule has 4 rings (SSSR count). The van der Waals surface area contributed by atoms with Gasteiger partial charge < -0.3 is 15.8 Å². The fourth-order valence-electron chi connectivity index (χ4n) is 3.40. The van der Waals surface area contributed by atoms with E-state index in [-0.39, 0.29) is 22.8 Å². The predicted molar refractivity (Wildman–Crippen MR) is 113 cm³/mol. The van der Waals surface area contributed by atoms with Gasteiger partial charge in [0.2, 0.25) is 11.5 Å². The molecule has 8 heteroatoms. The number of benzene rings is 1. The first kappa shape index (κ1) is 19.4. The number of aromatic nitrogens is 3. The second-order valence-corrected chi connectivity index (χ2v) is 7.07. The average molecular weight is 404 g/mol. The topological polar surface area (TPSA) is 103 Å². The number of hydrogen-bond donors (Lipinski definition) is 2. The number of nitrogen functional groups attached to an aromatic ring is 1. The van der Waals surface area contributed by atoms with Crippen molar-refractivity contribution in [2.75, 3.05) is 12.8 Å². The highest BCUT2D eigenvalue weighted by atomic mass is 16.5. The lowest BCUT2D eigenvalue weighted by atomic mass is 10.1. The zero-order chi connectivity index (χ0) is 21.4. The van der Waals surface area contributed by atoms with Crippen LogP contribution in [0.1, 0.15) is 21.5 Å². The minimum atomic E-state index is -0.366. The van der Waals surface area contributed by atoms with Crippen molar-refractivity contribution in [1.29, 1.82) is 0 Å². The molecule has 8 nitrogen and oxygen atoms in total. The first-order valence-electron chi connectivity index (χ1n) is 9.42. The number of nitrogens with two attached hydrogens (primary N) is 1. The molecule has 0 aliphatic heterocycles. The SMILES string of the molecule is COc1ccc(CNC(=O)c2cc3c(=O)n4cccc(C)c4nc3[n+](C)c2N)cc1. The van der Waals surface area contributed by atoms with Crippen molar-refractivity contribution in [2.45, 2.75) is 13.5 Å². The lowest BCUT2D eigenvalue weighted by Crippen LogP contribution is -2.39. The van der Waals surface area contributed by atoms with Gasteiger partial charge in [-0.25, -0.2) is 4.57 Å². The van der Waals surface area contributed by atoms with E-state index in [1.807, 2.05) is 37.3 Å². The Labute approximate surface area is 172 Å². The van der Waals surface area contributed by atoms with Crippen LogP contribution in [-0.4, -0.2) is 22.4 Å². The van der Waals surface area contributed by atoms with Gasteiger partial charge in [-0.15, -0.1) is 0 Å². The highest BCUT2D eigenvalue weighted by Crippen LogP contribution is 2.16. The van der Waals surface area contributed by atoms with E-state index < -0.39 is 0 Å². The third-order valence-electron chi connectivity index (χ3n) is 5.16. The van der Waals surface area contributed by atoms with Crippen LogP contribution >= 0.6 is 0 Å². The number of nitrogens with one attached hydrogen (secondary N) is 1. The summed E-state index contributed by atoms with van der Waals surface area (Å²) in [5, 5.41) is 3.17. The van der Waals surface area contributed by atoms with E-state index in [9.17, 15) is 9.59 Å². The molecular formula is C22H22N5O3+. The fraction of sp³-hybridized carbons (Fsp3) is 0.182. The fourth-order valence-corrected chi connectivity index (χ4v) is 3.40. The number of rotatable bonds is 4. The second kappa shape index (κ2) is 7.47. The number of fused-ring (bicyclic) bond motifs is 2. The minimum absolute atomic E-state index is 0.227. The van der Waals surface area contributed by atoms with Crippen molar-refractivity contribution in [3.8, 4) is 5.75 Å². The third kappa shape index (κ3) is 3.22. The quantitative estimate of drug-likeness (QED) is 0.396. The second-order valence-electron chi connectivity index (χ2n) is 7.07. The number of amides is 1. The van der Waals surface area contributed by atoms with Crippen LogP contribution in [0.25, 0.3) is 16.7 Å². The summed E-state index contributed by atoms with van der Waals surface area (Å²) < 4.78 is 8.19. The molecule has 0 bridgehead atoms. The van der Waals surface area contributed by atoms with Crippen molar-refractivity contribution in [3.05, 3.63) is 75.7 Å². The summed E-state index contributed by atoms with van der Waals surface area (Å²) in [6, 6.07) is 12.6. The molecule has 3 N–H and O–H groups in total. The molecule has 4 aromatic rings. The van der Waals surface area contributed by atoms with E-state index in [0.717, 1.165) is 16.9 Å². The Bertz CT molecular complexity index is 1340. The number of nitrogens with zero attached hydrogens (tertiary/aromatic N) is 3. The Hall–Kier alpha value is -3.94. The maximum atomic E-state index is 13.0. The van der Waals surface area contributed by atoms with E-state index in [0.29, 0.717) is 23.2 Å². The first-order valence-corrected chi connectivity index (χ1v) is 9.42. The smallest absolute Gasteiger partial charge is 0.278 e. The van der Waals surface area contributed by atoms with Crippen LogP contribution in [0.2, 0.25) is 0 Å². The molecule has 0 fully saturated rings. The Morgan fingerprint density at radius 2 is 2.00 bits per heavy atom. The van der Waals surface area contributed by atoms with Crippen LogP contribution in [-0.2, 0) is 13.6 Å². The summed E-state index contributed by atoms with van der Waals surface area (Å²) in [4.78, 5) is 30.5. The van der Waals surface area contributed by atoms with E-state index in [1.165, 1.54) is 10.5 Å². The van der Waals surface area contributed by atoms with Gasteiger partial charge in [-0.3, -0.25) is 14.0 Å². The number of carbonyl (C=O) groups excluding carboxylic acids is 1. The maximum Gasteiger partial charge on any atom is 0.278 e. The number of methoxy groups -OCH3 is 1. The Balaban J connectivity index is 1.74. The molecule has 0 spiro atoms. The van der Waals surface area contributed by atoms with Crippen LogP contribution in [0, 0.1) is 6.92 Å². The summed E-state index contributed by atoms with van der Waals surface area (Å²) >= 11 is 0. The highest BCUT2D eigenvalue weighted by molar-refractivity contribution is 6.00. The van der Waals surface area contributed by atoms with Gasteiger partial charge in [0.15, 0.2) is 0 Å². The van der Waals surface area contributed by atoms with E-state index in [1.54, 1.807) is 31.0 Å². The number of ether oxygens (including phenoxy) is 1. The molecule has 0 atom stereocenters. The molecule has 0 aliphatic carbocycles. The number of hydrogen-bond acceptors (Lipinski definition) is 5. The van der Waals surface area contributed by atoms with Gasteiger partial charge in [0.1, 0.15) is 16.7 Å². The zero-order valence-corrected chi connectivity index (χ0v) is 17.0. The van der Waals surface area contributed by atoms with Crippen LogP contribution in [0.3, 0.4) is 0 Å². The minimum Gasteiger partial charge on any atom is -0.497 e. The average Bonchev–Trinajstić information content (AvgIpc) is 2.76. The van der Waals surface area contributed by atoms with Crippen molar-refractivity contribution >= 4 is 28.4 Å². The molecule has 1 aromatic carbocycles. The normalized spacial score (nSPS) is 11.0. The predicted octanol–water partition coefficient (Wildman–Crippen LogP) is 1.50. The molecule has 0 aliphatic rings. The lowest BCUT2D eigenvalue weighted by molar-refractivity contribution is -0.632. The van der Waals surface area contributed by atoms with Crippen LogP contribution in [0.15, 0.2) is 53.5 Å². The summed E-state index contributed by atoms with van der Waals surface area (Å²) in [5.74, 6) is 0.612. The molecule has 152 valence electrons. The summed E-state index contributed by atoms with van der Waals surface area (Å²) in [6.07, 6.45) is 1.66. The molecule has 1 amide bonds. The number of aryl methyl sites for hydroxylation is 2.